The second kappa shape index (κ2) is 11.2. The number of benzene rings is 2. The summed E-state index contributed by atoms with van der Waals surface area (Å²) < 4.78 is 11.3. The van der Waals surface area contributed by atoms with E-state index in [1.54, 1.807) is 18.0 Å². The van der Waals surface area contributed by atoms with E-state index in [2.05, 4.69) is 46.8 Å². The molecule has 7 nitrogen and oxygen atoms in total. The zero-order valence-electron chi connectivity index (χ0n) is 20.4. The highest BCUT2D eigenvalue weighted by atomic mass is 32.2. The fraction of sp³-hybridized carbons (Fsp3) is 0.179. The van der Waals surface area contributed by atoms with Crippen molar-refractivity contribution in [2.24, 2.45) is 0 Å². The molecule has 2 aromatic heterocycles. The predicted molar refractivity (Wildman–Crippen MR) is 149 cm³/mol. The van der Waals surface area contributed by atoms with Crippen molar-refractivity contribution in [2.75, 3.05) is 23.9 Å². The number of nitrogens with one attached hydrogen (secondary N) is 2. The van der Waals surface area contributed by atoms with Gasteiger partial charge in [-0.05, 0) is 79.8 Å². The van der Waals surface area contributed by atoms with Gasteiger partial charge in [-0.3, -0.25) is 9.78 Å². The third-order valence-corrected chi connectivity index (χ3v) is 7.18. The van der Waals surface area contributed by atoms with Gasteiger partial charge in [-0.25, -0.2) is 0 Å². The highest BCUT2D eigenvalue weighted by molar-refractivity contribution is 7.99. The summed E-state index contributed by atoms with van der Waals surface area (Å²) in [5.41, 5.74) is 3.63. The van der Waals surface area contributed by atoms with E-state index in [9.17, 15) is 4.79 Å². The maximum absolute atomic E-state index is 11.9. The minimum Gasteiger partial charge on any atom is -0.452 e. The lowest BCUT2D eigenvalue weighted by Gasteiger charge is -2.26. The summed E-state index contributed by atoms with van der Waals surface area (Å²) in [7, 11) is 1.49. The number of hydrogen-bond acceptors (Lipinski definition) is 6. The molecule has 0 saturated carbocycles. The number of methoxy groups -OCH3 is 1. The first-order chi connectivity index (χ1) is 18.0. The summed E-state index contributed by atoms with van der Waals surface area (Å²) in [4.78, 5) is 19.6. The Kier molecular flexibility index (Phi) is 7.55. The van der Waals surface area contributed by atoms with Crippen LogP contribution in [0.15, 0.2) is 99.5 Å². The van der Waals surface area contributed by atoms with Crippen molar-refractivity contribution in [3.63, 3.8) is 0 Å². The third-order valence-electron chi connectivity index (χ3n) is 5.94. The van der Waals surface area contributed by atoms with Crippen molar-refractivity contribution in [1.29, 1.82) is 0 Å². The molecule has 0 aliphatic carbocycles. The van der Waals surface area contributed by atoms with Crippen LogP contribution in [0.4, 0.5) is 11.4 Å². The Morgan fingerprint density at radius 1 is 1.11 bits per heavy atom. The molecule has 0 unspecified atom stereocenters. The second-order valence-corrected chi connectivity index (χ2v) is 10.1. The maximum atomic E-state index is 11.9. The van der Waals surface area contributed by atoms with Gasteiger partial charge >= 0.3 is 0 Å². The lowest BCUT2D eigenvalue weighted by molar-refractivity contribution is -0.119. The number of aromatic nitrogens is 1. The minimum absolute atomic E-state index is 0.00284. The molecule has 4 aromatic rings. The van der Waals surface area contributed by atoms with Gasteiger partial charge in [0, 0.05) is 29.6 Å². The monoisotopic (exact) mass is 530 g/mol. The number of pyridine rings is 1. The van der Waals surface area contributed by atoms with Gasteiger partial charge in [0.05, 0.1) is 11.7 Å². The van der Waals surface area contributed by atoms with E-state index in [0.29, 0.717) is 10.8 Å². The van der Waals surface area contributed by atoms with Crippen LogP contribution in [-0.4, -0.2) is 29.7 Å². The Morgan fingerprint density at radius 2 is 1.89 bits per heavy atom. The van der Waals surface area contributed by atoms with Crippen LogP contribution in [-0.2, 0) is 9.53 Å². The molecule has 0 spiro atoms. The lowest BCUT2D eigenvalue weighted by Crippen LogP contribution is -2.29. The summed E-state index contributed by atoms with van der Waals surface area (Å²) in [6.45, 7) is 2.07. The van der Waals surface area contributed by atoms with Crippen molar-refractivity contribution >= 4 is 46.4 Å². The molecule has 1 aliphatic heterocycles. The van der Waals surface area contributed by atoms with Gasteiger partial charge in [-0.1, -0.05) is 35.5 Å². The van der Waals surface area contributed by atoms with Crippen LogP contribution < -0.4 is 15.5 Å². The quantitative estimate of drug-likeness (QED) is 0.273. The molecule has 1 fully saturated rings. The number of ether oxygens (including phenoxy) is 1. The molecule has 2 aromatic carbocycles. The SMILES string of the molecule is COCC(=O)Nc1ccc(N2C(=S)N[C@H](c3ccccn3)[C@H]2c2ccc(Sc3ccc(C)cc3)o2)cc1. The van der Waals surface area contributed by atoms with Gasteiger partial charge in [-0.15, -0.1) is 0 Å². The molecular weight excluding hydrogens is 504 g/mol. The zero-order chi connectivity index (χ0) is 25.8. The number of hydrogen-bond donors (Lipinski definition) is 2. The molecule has 0 radical (unpaired) electrons. The van der Waals surface area contributed by atoms with Crippen molar-refractivity contribution in [2.45, 2.75) is 29.0 Å². The number of amides is 1. The Morgan fingerprint density at radius 3 is 2.59 bits per heavy atom. The molecule has 188 valence electrons. The molecule has 1 amide bonds. The highest BCUT2D eigenvalue weighted by Crippen LogP contribution is 2.43. The van der Waals surface area contributed by atoms with E-state index in [0.717, 1.165) is 27.1 Å². The first-order valence-corrected chi connectivity index (χ1v) is 13.0. The van der Waals surface area contributed by atoms with E-state index >= 15 is 0 Å². The van der Waals surface area contributed by atoms with Crippen LogP contribution in [0.2, 0.25) is 0 Å². The van der Waals surface area contributed by atoms with Crippen LogP contribution in [0.5, 0.6) is 0 Å². The van der Waals surface area contributed by atoms with Crippen LogP contribution in [0.25, 0.3) is 0 Å². The van der Waals surface area contributed by atoms with Gasteiger partial charge in [0.1, 0.15) is 18.4 Å². The van der Waals surface area contributed by atoms with Gasteiger partial charge in [0.15, 0.2) is 10.2 Å². The van der Waals surface area contributed by atoms with Crippen LogP contribution in [0.3, 0.4) is 0 Å². The Labute approximate surface area is 225 Å². The number of carbonyl (C=O) groups is 1. The molecule has 5 rings (SSSR count). The van der Waals surface area contributed by atoms with Gasteiger partial charge in [-0.2, -0.15) is 0 Å². The average Bonchev–Trinajstić information content (AvgIpc) is 3.50. The number of thiocarbonyl (C=S) groups is 1. The summed E-state index contributed by atoms with van der Waals surface area (Å²) in [6, 6.07) is 25.3. The van der Waals surface area contributed by atoms with Crippen molar-refractivity contribution < 1.29 is 13.9 Å². The summed E-state index contributed by atoms with van der Waals surface area (Å²) >= 11 is 7.37. The van der Waals surface area contributed by atoms with Crippen molar-refractivity contribution in [3.8, 4) is 0 Å². The van der Waals surface area contributed by atoms with E-state index < -0.39 is 0 Å². The first kappa shape index (κ1) is 25.0. The van der Waals surface area contributed by atoms with Gasteiger partial charge in [0.2, 0.25) is 5.91 Å². The molecule has 0 bridgehead atoms. The number of furan rings is 1. The molecule has 9 heteroatoms. The summed E-state index contributed by atoms with van der Waals surface area (Å²) in [6.07, 6.45) is 1.78. The lowest BCUT2D eigenvalue weighted by atomic mass is 10.0. The van der Waals surface area contributed by atoms with E-state index in [1.807, 2.05) is 59.5 Å². The molecule has 3 heterocycles. The molecular formula is C28H26N4O3S2. The Hall–Kier alpha value is -3.66. The van der Waals surface area contributed by atoms with Crippen molar-refractivity contribution in [3.05, 3.63) is 102 Å². The molecule has 37 heavy (non-hydrogen) atoms. The van der Waals surface area contributed by atoms with Crippen LogP contribution in [0.1, 0.15) is 29.1 Å². The van der Waals surface area contributed by atoms with E-state index in [1.165, 1.54) is 12.7 Å². The normalized spacial score (nSPS) is 17.0. The zero-order valence-corrected chi connectivity index (χ0v) is 22.0. The topological polar surface area (TPSA) is 79.6 Å². The third kappa shape index (κ3) is 5.69. The van der Waals surface area contributed by atoms with Crippen LogP contribution in [0, 0.1) is 6.92 Å². The minimum atomic E-state index is -0.260. The van der Waals surface area contributed by atoms with Crippen molar-refractivity contribution in [1.82, 2.24) is 10.3 Å². The Balaban J connectivity index is 1.46. The predicted octanol–water partition coefficient (Wildman–Crippen LogP) is 5.90. The molecule has 2 N–H and O–H groups in total. The largest absolute Gasteiger partial charge is 0.452 e. The van der Waals surface area contributed by atoms with E-state index in [4.69, 9.17) is 21.4 Å². The standard InChI is InChI=1S/C28H26N4O3S2/c1-18-6-12-21(13-7-18)37-25-15-14-23(35-25)27-26(22-5-3-4-16-29-22)31-28(36)32(27)20-10-8-19(9-11-20)30-24(33)17-34-2/h3-16,26-27H,17H2,1-2H3,(H,30,33)(H,31,36)/t26-,27-/m1/s1. The number of aryl methyl sites for hydroxylation is 1. The van der Waals surface area contributed by atoms with Gasteiger partial charge in [0.25, 0.3) is 0 Å². The first-order valence-electron chi connectivity index (χ1n) is 11.8. The average molecular weight is 531 g/mol. The molecule has 1 saturated heterocycles. The fourth-order valence-electron chi connectivity index (χ4n) is 4.23. The Bertz CT molecular complexity index is 1370. The van der Waals surface area contributed by atoms with E-state index in [-0.39, 0.29) is 24.6 Å². The number of rotatable bonds is 8. The second-order valence-electron chi connectivity index (χ2n) is 8.60. The number of carbonyl (C=O) groups excluding carboxylic acids is 1. The fourth-order valence-corrected chi connectivity index (χ4v) is 5.35. The summed E-state index contributed by atoms with van der Waals surface area (Å²) in [5, 5.41) is 7.62. The maximum Gasteiger partial charge on any atom is 0.250 e. The summed E-state index contributed by atoms with van der Waals surface area (Å²) in [5.74, 6) is 0.561. The van der Waals surface area contributed by atoms with Gasteiger partial charge < -0.3 is 24.7 Å². The number of anilines is 2. The molecule has 1 aliphatic rings. The highest BCUT2D eigenvalue weighted by Gasteiger charge is 2.42. The molecule has 2 atom stereocenters. The smallest absolute Gasteiger partial charge is 0.250 e. The number of nitrogens with zero attached hydrogens (tertiary/aromatic N) is 2. The van der Waals surface area contributed by atoms with Crippen LogP contribution >= 0.6 is 24.0 Å².